The monoisotopic (exact) mass is 240 g/mol. The van der Waals surface area contributed by atoms with Gasteiger partial charge in [0.25, 0.3) is 5.91 Å². The fraction of sp³-hybridized carbons (Fsp3) is 0.727. The van der Waals surface area contributed by atoms with Gasteiger partial charge in [-0.1, -0.05) is 13.8 Å². The third kappa shape index (κ3) is 4.52. The first-order valence-electron chi connectivity index (χ1n) is 6.04. The third-order valence-corrected chi connectivity index (χ3v) is 2.46. The normalized spacial score (nSPS) is 12.4. The molecule has 1 atom stereocenters. The van der Waals surface area contributed by atoms with E-state index in [0.29, 0.717) is 19.4 Å². The van der Waals surface area contributed by atoms with E-state index in [2.05, 4.69) is 20.5 Å². The van der Waals surface area contributed by atoms with Crippen molar-refractivity contribution in [3.8, 4) is 0 Å². The van der Waals surface area contributed by atoms with Gasteiger partial charge in [-0.15, -0.1) is 5.10 Å². The number of amides is 1. The Morgan fingerprint density at radius 3 is 2.94 bits per heavy atom. The minimum atomic E-state index is -0.363. The van der Waals surface area contributed by atoms with E-state index >= 15 is 0 Å². The molecule has 0 aliphatic heterocycles. The lowest BCUT2D eigenvalue weighted by Crippen LogP contribution is -2.27. The standard InChI is InChI=1S/C11H20N4O2/c1-3-5-9-13-10(15-14-9)11(17)12-7-6-8(16)4-2/h8,16H,3-7H2,1-2H3,(H,12,17)(H,13,14,15). The minimum Gasteiger partial charge on any atom is -0.393 e. The summed E-state index contributed by atoms with van der Waals surface area (Å²) in [6.07, 6.45) is 2.62. The summed E-state index contributed by atoms with van der Waals surface area (Å²) in [6.45, 7) is 4.37. The van der Waals surface area contributed by atoms with Crippen LogP contribution in [0.4, 0.5) is 0 Å². The van der Waals surface area contributed by atoms with E-state index in [1.807, 2.05) is 13.8 Å². The van der Waals surface area contributed by atoms with Crippen LogP contribution in [0.25, 0.3) is 0 Å². The lowest BCUT2D eigenvalue weighted by Gasteiger charge is -2.07. The molecule has 17 heavy (non-hydrogen) atoms. The van der Waals surface area contributed by atoms with E-state index < -0.39 is 0 Å². The number of H-pyrrole nitrogens is 1. The van der Waals surface area contributed by atoms with E-state index in [4.69, 9.17) is 0 Å². The van der Waals surface area contributed by atoms with Gasteiger partial charge < -0.3 is 10.4 Å². The van der Waals surface area contributed by atoms with Crippen LogP contribution in [0.2, 0.25) is 0 Å². The van der Waals surface area contributed by atoms with Gasteiger partial charge in [0.15, 0.2) is 0 Å². The summed E-state index contributed by atoms with van der Waals surface area (Å²) in [6, 6.07) is 0. The van der Waals surface area contributed by atoms with Gasteiger partial charge in [0.1, 0.15) is 5.82 Å². The average Bonchev–Trinajstić information content (AvgIpc) is 2.78. The number of carbonyl (C=O) groups is 1. The molecule has 1 heterocycles. The zero-order chi connectivity index (χ0) is 12.7. The molecule has 0 aliphatic carbocycles. The molecule has 0 bridgehead atoms. The highest BCUT2D eigenvalue weighted by Gasteiger charge is 2.11. The van der Waals surface area contributed by atoms with Crippen molar-refractivity contribution in [1.82, 2.24) is 20.5 Å². The molecule has 0 radical (unpaired) electrons. The Morgan fingerprint density at radius 1 is 1.53 bits per heavy atom. The van der Waals surface area contributed by atoms with Gasteiger partial charge >= 0.3 is 0 Å². The van der Waals surface area contributed by atoms with Gasteiger partial charge in [-0.2, -0.15) is 0 Å². The van der Waals surface area contributed by atoms with Crippen molar-refractivity contribution in [3.05, 3.63) is 11.6 Å². The molecule has 1 amide bonds. The Labute approximate surface area is 101 Å². The van der Waals surface area contributed by atoms with Gasteiger partial charge in [-0.3, -0.25) is 9.89 Å². The van der Waals surface area contributed by atoms with E-state index in [0.717, 1.165) is 18.7 Å². The van der Waals surface area contributed by atoms with Crippen LogP contribution in [-0.2, 0) is 6.42 Å². The number of hydrogen-bond acceptors (Lipinski definition) is 4. The number of nitrogens with one attached hydrogen (secondary N) is 2. The summed E-state index contributed by atoms with van der Waals surface area (Å²) in [5.74, 6) is 0.595. The number of aromatic amines is 1. The molecule has 1 aromatic heterocycles. The summed E-state index contributed by atoms with van der Waals surface area (Å²) < 4.78 is 0. The van der Waals surface area contributed by atoms with Crippen LogP contribution >= 0.6 is 0 Å². The van der Waals surface area contributed by atoms with Gasteiger partial charge in [0.05, 0.1) is 6.10 Å². The van der Waals surface area contributed by atoms with Crippen LogP contribution in [0.5, 0.6) is 0 Å². The van der Waals surface area contributed by atoms with Crippen LogP contribution in [0, 0.1) is 0 Å². The summed E-state index contributed by atoms with van der Waals surface area (Å²) in [4.78, 5) is 15.7. The molecule has 6 nitrogen and oxygen atoms in total. The van der Waals surface area contributed by atoms with Gasteiger partial charge in [-0.25, -0.2) is 4.98 Å². The fourth-order valence-electron chi connectivity index (χ4n) is 1.38. The Hall–Kier alpha value is -1.43. The van der Waals surface area contributed by atoms with E-state index in [9.17, 15) is 9.90 Å². The predicted molar refractivity (Wildman–Crippen MR) is 63.6 cm³/mol. The molecule has 0 spiro atoms. The molecular formula is C11H20N4O2. The number of rotatable bonds is 7. The van der Waals surface area contributed by atoms with Crippen molar-refractivity contribution in [2.24, 2.45) is 0 Å². The first-order chi connectivity index (χ1) is 8.17. The highest BCUT2D eigenvalue weighted by atomic mass is 16.3. The number of carbonyl (C=O) groups excluding carboxylic acids is 1. The lowest BCUT2D eigenvalue weighted by atomic mass is 10.2. The topological polar surface area (TPSA) is 90.9 Å². The Balaban J connectivity index is 2.36. The second kappa shape index (κ2) is 7.01. The highest BCUT2D eigenvalue weighted by Crippen LogP contribution is 1.98. The Bertz CT molecular complexity index is 351. The van der Waals surface area contributed by atoms with Crippen LogP contribution in [0.1, 0.15) is 49.6 Å². The SMILES string of the molecule is CCCc1nc(C(=O)NCCC(O)CC)n[nH]1. The van der Waals surface area contributed by atoms with E-state index in [1.54, 1.807) is 0 Å². The summed E-state index contributed by atoms with van der Waals surface area (Å²) >= 11 is 0. The molecule has 0 saturated carbocycles. The Morgan fingerprint density at radius 2 is 2.29 bits per heavy atom. The zero-order valence-electron chi connectivity index (χ0n) is 10.4. The number of aliphatic hydroxyl groups excluding tert-OH is 1. The van der Waals surface area contributed by atoms with Crippen LogP contribution < -0.4 is 5.32 Å². The molecule has 6 heteroatoms. The van der Waals surface area contributed by atoms with Crippen LogP contribution in [0.3, 0.4) is 0 Å². The second-order valence-electron chi connectivity index (χ2n) is 3.96. The number of aryl methyl sites for hydroxylation is 1. The number of nitrogens with zero attached hydrogens (tertiary/aromatic N) is 2. The van der Waals surface area contributed by atoms with Gasteiger partial charge in [-0.05, 0) is 19.3 Å². The first-order valence-corrected chi connectivity index (χ1v) is 6.04. The maximum absolute atomic E-state index is 11.6. The third-order valence-electron chi connectivity index (χ3n) is 2.46. The average molecular weight is 240 g/mol. The number of aromatic nitrogens is 3. The summed E-state index contributed by atoms with van der Waals surface area (Å²) in [5, 5.41) is 18.6. The summed E-state index contributed by atoms with van der Waals surface area (Å²) in [7, 11) is 0. The zero-order valence-corrected chi connectivity index (χ0v) is 10.4. The van der Waals surface area contributed by atoms with Crippen molar-refractivity contribution < 1.29 is 9.90 Å². The predicted octanol–water partition coefficient (Wildman–Crippen LogP) is 0.648. The van der Waals surface area contributed by atoms with Crippen LogP contribution in [-0.4, -0.2) is 38.8 Å². The maximum atomic E-state index is 11.6. The molecule has 96 valence electrons. The number of aliphatic hydroxyl groups is 1. The maximum Gasteiger partial charge on any atom is 0.290 e. The van der Waals surface area contributed by atoms with E-state index in [-0.39, 0.29) is 17.8 Å². The molecule has 3 N–H and O–H groups in total. The second-order valence-corrected chi connectivity index (χ2v) is 3.96. The van der Waals surface area contributed by atoms with Crippen LogP contribution in [0.15, 0.2) is 0 Å². The number of hydrogen-bond donors (Lipinski definition) is 3. The largest absolute Gasteiger partial charge is 0.393 e. The van der Waals surface area contributed by atoms with Crippen molar-refractivity contribution in [1.29, 1.82) is 0 Å². The van der Waals surface area contributed by atoms with Gasteiger partial charge in [0.2, 0.25) is 5.82 Å². The molecule has 0 aliphatic rings. The quantitative estimate of drug-likeness (QED) is 0.652. The lowest BCUT2D eigenvalue weighted by molar-refractivity contribution is 0.0932. The molecule has 0 saturated heterocycles. The van der Waals surface area contributed by atoms with Crippen molar-refractivity contribution in [2.45, 2.75) is 45.6 Å². The summed E-state index contributed by atoms with van der Waals surface area (Å²) in [5.41, 5.74) is 0. The molecule has 1 aromatic rings. The molecule has 1 rings (SSSR count). The molecular weight excluding hydrogens is 220 g/mol. The molecule has 1 unspecified atom stereocenters. The molecule has 0 fully saturated rings. The van der Waals surface area contributed by atoms with Crippen molar-refractivity contribution in [3.63, 3.8) is 0 Å². The highest BCUT2D eigenvalue weighted by molar-refractivity contribution is 5.90. The smallest absolute Gasteiger partial charge is 0.290 e. The Kier molecular flexibility index (Phi) is 5.62. The fourth-order valence-corrected chi connectivity index (χ4v) is 1.38. The first kappa shape index (κ1) is 13.6. The minimum absolute atomic E-state index is 0.166. The van der Waals surface area contributed by atoms with Gasteiger partial charge in [0, 0.05) is 13.0 Å². The van der Waals surface area contributed by atoms with Crippen molar-refractivity contribution in [2.75, 3.05) is 6.54 Å². The van der Waals surface area contributed by atoms with Crippen molar-refractivity contribution >= 4 is 5.91 Å². The molecule has 0 aromatic carbocycles. The van der Waals surface area contributed by atoms with E-state index in [1.165, 1.54) is 0 Å².